The highest BCUT2D eigenvalue weighted by Crippen LogP contribution is 2.27. The molecule has 6 nitrogen and oxygen atoms in total. The summed E-state index contributed by atoms with van der Waals surface area (Å²) in [6.45, 7) is 3.35. The first-order valence-electron chi connectivity index (χ1n) is 8.45. The van der Waals surface area contributed by atoms with Crippen molar-refractivity contribution in [2.75, 3.05) is 0 Å². The van der Waals surface area contributed by atoms with Gasteiger partial charge in [-0.05, 0) is 38.8 Å². The Morgan fingerprint density at radius 2 is 2.08 bits per heavy atom. The molecule has 1 amide bonds. The summed E-state index contributed by atoms with van der Waals surface area (Å²) in [7, 11) is 0. The van der Waals surface area contributed by atoms with Gasteiger partial charge in [-0.1, -0.05) is 18.9 Å². The van der Waals surface area contributed by atoms with E-state index in [1.165, 1.54) is 11.3 Å². The van der Waals surface area contributed by atoms with Crippen molar-refractivity contribution in [3.63, 3.8) is 0 Å². The molecule has 1 N–H and O–H groups in total. The first-order valence-corrected chi connectivity index (χ1v) is 9.26. The Morgan fingerprint density at radius 3 is 2.76 bits per heavy atom. The van der Waals surface area contributed by atoms with Crippen molar-refractivity contribution >= 4 is 23.2 Å². The number of rotatable bonds is 5. The van der Waals surface area contributed by atoms with E-state index in [0.717, 1.165) is 25.7 Å². The van der Waals surface area contributed by atoms with Gasteiger partial charge in [0.2, 0.25) is 0 Å². The molecule has 2 aromatic heterocycles. The maximum absolute atomic E-state index is 12.4. The Hall–Kier alpha value is -2.28. The highest BCUT2D eigenvalue weighted by atomic mass is 32.1. The molecule has 0 saturated heterocycles. The standard InChI is InChI=1S/C18H21N3O3S/c1-11-15(25-17(20-11)14-9-5-6-10-19-14)18(23)24-12(2)16(22)21-13-7-3-4-8-13/h5-6,9-10,12-13H,3-4,7-8H2,1-2H3,(H,21,22)/t12-/m0/s1. The molecule has 132 valence electrons. The van der Waals surface area contributed by atoms with Crippen molar-refractivity contribution in [1.29, 1.82) is 0 Å². The van der Waals surface area contributed by atoms with Gasteiger partial charge in [0, 0.05) is 12.2 Å². The third-order valence-electron chi connectivity index (χ3n) is 4.22. The minimum Gasteiger partial charge on any atom is -0.448 e. The van der Waals surface area contributed by atoms with Crippen LogP contribution in [0.2, 0.25) is 0 Å². The average molecular weight is 359 g/mol. The van der Waals surface area contributed by atoms with Crippen LogP contribution in [-0.4, -0.2) is 34.0 Å². The Labute approximate surface area is 150 Å². The van der Waals surface area contributed by atoms with Crippen LogP contribution in [-0.2, 0) is 9.53 Å². The summed E-state index contributed by atoms with van der Waals surface area (Å²) in [5.41, 5.74) is 1.29. The molecule has 2 aromatic rings. The second-order valence-corrected chi connectivity index (χ2v) is 7.19. The predicted octanol–water partition coefficient (Wildman–Crippen LogP) is 3.12. The van der Waals surface area contributed by atoms with Crippen molar-refractivity contribution in [1.82, 2.24) is 15.3 Å². The second-order valence-electron chi connectivity index (χ2n) is 6.19. The van der Waals surface area contributed by atoms with Crippen LogP contribution in [0.3, 0.4) is 0 Å². The number of ether oxygens (including phenoxy) is 1. The number of nitrogens with one attached hydrogen (secondary N) is 1. The van der Waals surface area contributed by atoms with Gasteiger partial charge >= 0.3 is 5.97 Å². The number of nitrogens with zero attached hydrogens (tertiary/aromatic N) is 2. The summed E-state index contributed by atoms with van der Waals surface area (Å²) < 4.78 is 5.34. The van der Waals surface area contributed by atoms with E-state index < -0.39 is 12.1 Å². The topological polar surface area (TPSA) is 81.2 Å². The molecule has 1 aliphatic carbocycles. The molecule has 1 saturated carbocycles. The first-order chi connectivity index (χ1) is 12.0. The van der Waals surface area contributed by atoms with Crippen molar-refractivity contribution in [2.45, 2.75) is 51.7 Å². The normalized spacial score (nSPS) is 15.8. The van der Waals surface area contributed by atoms with Gasteiger partial charge in [0.15, 0.2) is 6.10 Å². The van der Waals surface area contributed by atoms with Gasteiger partial charge in [-0.15, -0.1) is 11.3 Å². The zero-order valence-electron chi connectivity index (χ0n) is 14.3. The molecule has 0 aromatic carbocycles. The lowest BCUT2D eigenvalue weighted by molar-refractivity contribution is -0.129. The maximum Gasteiger partial charge on any atom is 0.351 e. The van der Waals surface area contributed by atoms with Crippen molar-refractivity contribution in [2.24, 2.45) is 0 Å². The highest BCUT2D eigenvalue weighted by molar-refractivity contribution is 7.17. The van der Waals surface area contributed by atoms with Gasteiger partial charge in [-0.25, -0.2) is 9.78 Å². The zero-order valence-corrected chi connectivity index (χ0v) is 15.1. The van der Waals surface area contributed by atoms with Crippen LogP contribution in [0.25, 0.3) is 10.7 Å². The number of esters is 1. The Morgan fingerprint density at radius 1 is 1.32 bits per heavy atom. The van der Waals surface area contributed by atoms with Gasteiger partial charge in [-0.3, -0.25) is 9.78 Å². The monoisotopic (exact) mass is 359 g/mol. The average Bonchev–Trinajstić information content (AvgIpc) is 3.25. The second kappa shape index (κ2) is 7.74. The number of thiazole rings is 1. The summed E-state index contributed by atoms with van der Waals surface area (Å²) in [5, 5.41) is 3.60. The molecule has 0 unspecified atom stereocenters. The third kappa shape index (κ3) is 4.22. The van der Waals surface area contributed by atoms with Crippen LogP contribution >= 0.6 is 11.3 Å². The van der Waals surface area contributed by atoms with E-state index in [2.05, 4.69) is 15.3 Å². The fraction of sp³-hybridized carbons (Fsp3) is 0.444. The van der Waals surface area contributed by atoms with Gasteiger partial charge < -0.3 is 10.1 Å². The lowest BCUT2D eigenvalue weighted by Crippen LogP contribution is -2.40. The van der Waals surface area contributed by atoms with E-state index in [-0.39, 0.29) is 11.9 Å². The molecule has 3 rings (SSSR count). The van der Waals surface area contributed by atoms with Crippen LogP contribution in [0.15, 0.2) is 24.4 Å². The minimum absolute atomic E-state index is 0.203. The van der Waals surface area contributed by atoms with Gasteiger partial charge in [0.25, 0.3) is 5.91 Å². The number of pyridine rings is 1. The Bertz CT molecular complexity index is 754. The molecular formula is C18H21N3O3S. The van der Waals surface area contributed by atoms with Crippen LogP contribution < -0.4 is 5.32 Å². The molecule has 25 heavy (non-hydrogen) atoms. The maximum atomic E-state index is 12.4. The largest absolute Gasteiger partial charge is 0.448 e. The number of carbonyl (C=O) groups excluding carboxylic acids is 2. The van der Waals surface area contributed by atoms with Gasteiger partial charge in [-0.2, -0.15) is 0 Å². The van der Waals surface area contributed by atoms with Crippen LogP contribution in [0.1, 0.15) is 48.0 Å². The van der Waals surface area contributed by atoms with E-state index in [1.54, 1.807) is 20.0 Å². The molecule has 0 aliphatic heterocycles. The number of hydrogen-bond donors (Lipinski definition) is 1. The number of amides is 1. The quantitative estimate of drug-likeness (QED) is 0.830. The molecule has 7 heteroatoms. The molecule has 1 aliphatic rings. The van der Waals surface area contributed by atoms with Gasteiger partial charge in [0.1, 0.15) is 9.88 Å². The lowest BCUT2D eigenvalue weighted by Gasteiger charge is -2.16. The number of carbonyl (C=O) groups is 2. The number of aryl methyl sites for hydroxylation is 1. The van der Waals surface area contributed by atoms with Crippen LogP contribution in [0.5, 0.6) is 0 Å². The van der Waals surface area contributed by atoms with E-state index in [4.69, 9.17) is 4.74 Å². The molecule has 0 spiro atoms. The first kappa shape index (κ1) is 17.5. The molecule has 1 atom stereocenters. The van der Waals surface area contributed by atoms with Crippen molar-refractivity contribution < 1.29 is 14.3 Å². The fourth-order valence-electron chi connectivity index (χ4n) is 2.84. The van der Waals surface area contributed by atoms with Crippen LogP contribution in [0.4, 0.5) is 0 Å². The van der Waals surface area contributed by atoms with E-state index >= 15 is 0 Å². The fourth-order valence-corrected chi connectivity index (χ4v) is 3.77. The molecule has 1 fully saturated rings. The summed E-state index contributed by atoms with van der Waals surface area (Å²) in [6, 6.07) is 5.73. The summed E-state index contributed by atoms with van der Waals surface area (Å²) in [5.74, 6) is -0.765. The molecule has 0 radical (unpaired) electrons. The van der Waals surface area contributed by atoms with E-state index in [1.807, 2.05) is 18.2 Å². The van der Waals surface area contributed by atoms with E-state index in [0.29, 0.717) is 21.3 Å². The number of hydrogen-bond acceptors (Lipinski definition) is 6. The zero-order chi connectivity index (χ0) is 17.8. The minimum atomic E-state index is -0.826. The molecule has 2 heterocycles. The van der Waals surface area contributed by atoms with E-state index in [9.17, 15) is 9.59 Å². The number of aromatic nitrogens is 2. The highest BCUT2D eigenvalue weighted by Gasteiger charge is 2.25. The Kier molecular flexibility index (Phi) is 5.43. The summed E-state index contributed by atoms with van der Waals surface area (Å²) in [4.78, 5) is 33.6. The van der Waals surface area contributed by atoms with Gasteiger partial charge in [0.05, 0.1) is 11.4 Å². The predicted molar refractivity (Wildman–Crippen MR) is 95.4 cm³/mol. The van der Waals surface area contributed by atoms with Crippen molar-refractivity contribution in [3.05, 3.63) is 35.0 Å². The van der Waals surface area contributed by atoms with Crippen LogP contribution in [0, 0.1) is 6.92 Å². The van der Waals surface area contributed by atoms with Crippen molar-refractivity contribution in [3.8, 4) is 10.7 Å². The summed E-state index contributed by atoms with van der Waals surface area (Å²) in [6.07, 6.45) is 5.11. The molecular weight excluding hydrogens is 338 g/mol. The smallest absolute Gasteiger partial charge is 0.351 e. The molecule has 0 bridgehead atoms. The SMILES string of the molecule is Cc1nc(-c2ccccn2)sc1C(=O)O[C@@H](C)C(=O)NC1CCCC1. The summed E-state index contributed by atoms with van der Waals surface area (Å²) >= 11 is 1.23. The lowest BCUT2D eigenvalue weighted by atomic mass is 10.2. The Balaban J connectivity index is 1.64. The third-order valence-corrected chi connectivity index (χ3v) is 5.38.